The summed E-state index contributed by atoms with van der Waals surface area (Å²) in [7, 11) is -3.21. The largest absolute Gasteiger partial charge is 0.393 e. The summed E-state index contributed by atoms with van der Waals surface area (Å²) in [6.45, 7) is 3.20. The van der Waals surface area contributed by atoms with Crippen LogP contribution < -0.4 is 0 Å². The van der Waals surface area contributed by atoms with Crippen molar-refractivity contribution in [1.29, 1.82) is 0 Å². The fourth-order valence-electron chi connectivity index (χ4n) is 6.14. The molecule has 1 aliphatic carbocycles. The molecule has 1 saturated carbocycles. The van der Waals surface area contributed by atoms with E-state index in [-0.39, 0.29) is 17.2 Å². The van der Waals surface area contributed by atoms with Gasteiger partial charge in [-0.2, -0.15) is 0 Å². The van der Waals surface area contributed by atoms with E-state index in [1.165, 1.54) is 16.7 Å². The van der Waals surface area contributed by atoms with E-state index in [9.17, 15) is 13.5 Å². The van der Waals surface area contributed by atoms with Gasteiger partial charge in [0.25, 0.3) is 0 Å². The van der Waals surface area contributed by atoms with Crippen LogP contribution in [0.1, 0.15) is 75.6 Å². The third-order valence-electron chi connectivity index (χ3n) is 8.05. The lowest BCUT2D eigenvalue weighted by atomic mass is 9.85. The molecule has 2 aromatic rings. The molecule has 1 aromatic carbocycles. The number of benzene rings is 1. The highest BCUT2D eigenvalue weighted by molar-refractivity contribution is 7.89. The lowest BCUT2D eigenvalue weighted by Crippen LogP contribution is -2.45. The van der Waals surface area contributed by atoms with Crippen molar-refractivity contribution >= 4 is 21.2 Å². The van der Waals surface area contributed by atoms with Crippen LogP contribution in [-0.4, -0.2) is 51.8 Å². The van der Waals surface area contributed by atoms with Gasteiger partial charge in [0.05, 0.1) is 35.6 Å². The van der Waals surface area contributed by atoms with E-state index >= 15 is 0 Å². The first-order valence-corrected chi connectivity index (χ1v) is 13.9. The first-order valence-electron chi connectivity index (χ1n) is 12.4. The van der Waals surface area contributed by atoms with Crippen LogP contribution >= 0.6 is 0 Å². The van der Waals surface area contributed by atoms with Crippen molar-refractivity contribution < 1.29 is 13.5 Å². The molecular formula is C26H35N3O3S. The van der Waals surface area contributed by atoms with Crippen molar-refractivity contribution in [1.82, 2.24) is 13.9 Å². The number of piperidine rings is 1. The molecule has 0 radical (unpaired) electrons. The molecule has 178 valence electrons. The van der Waals surface area contributed by atoms with Gasteiger partial charge in [-0.05, 0) is 61.7 Å². The fraction of sp³-hybridized carbons (Fsp3) is 0.577. The number of rotatable bonds is 6. The smallest absolute Gasteiger partial charge is 0.216 e. The van der Waals surface area contributed by atoms with Gasteiger partial charge in [-0.1, -0.05) is 49.6 Å². The highest BCUT2D eigenvalue weighted by Gasteiger charge is 2.38. The maximum atomic E-state index is 13.1. The normalized spacial score (nSPS) is 24.2. The van der Waals surface area contributed by atoms with Gasteiger partial charge >= 0.3 is 0 Å². The summed E-state index contributed by atoms with van der Waals surface area (Å²) in [5, 5.41) is 11.1. The zero-order chi connectivity index (χ0) is 23.0. The summed E-state index contributed by atoms with van der Waals surface area (Å²) in [5.41, 5.74) is 4.76. The number of hydrogen-bond donors (Lipinski definition) is 1. The van der Waals surface area contributed by atoms with Gasteiger partial charge in [-0.25, -0.2) is 17.7 Å². The Balaban J connectivity index is 1.27. The number of aliphatic hydroxyl groups is 1. The summed E-state index contributed by atoms with van der Waals surface area (Å²) < 4.78 is 30.1. The lowest BCUT2D eigenvalue weighted by Gasteiger charge is -2.37. The van der Waals surface area contributed by atoms with Gasteiger partial charge < -0.3 is 9.67 Å². The summed E-state index contributed by atoms with van der Waals surface area (Å²) >= 11 is 0. The number of fused-ring (bicyclic) bond motifs is 1. The van der Waals surface area contributed by atoms with E-state index in [0.717, 1.165) is 50.6 Å². The molecule has 6 nitrogen and oxygen atoms in total. The molecule has 33 heavy (non-hydrogen) atoms. The maximum Gasteiger partial charge on any atom is 0.216 e. The molecule has 1 N–H and O–H groups in total. The van der Waals surface area contributed by atoms with Gasteiger partial charge in [0.1, 0.15) is 0 Å². The first kappa shape index (κ1) is 22.8. The minimum atomic E-state index is -3.21. The topological polar surface area (TPSA) is 75.4 Å². The molecule has 3 heterocycles. The van der Waals surface area contributed by atoms with E-state index in [1.54, 1.807) is 4.31 Å². The molecule has 3 aliphatic rings. The van der Waals surface area contributed by atoms with Crippen LogP contribution in [0.25, 0.3) is 11.1 Å². The van der Waals surface area contributed by atoms with Crippen LogP contribution in [0.15, 0.2) is 42.9 Å². The molecule has 0 amide bonds. The zero-order valence-electron chi connectivity index (χ0n) is 19.4. The molecule has 2 fully saturated rings. The fourth-order valence-corrected chi connectivity index (χ4v) is 8.21. The monoisotopic (exact) mass is 469 g/mol. The number of allylic oxidation sites excluding steroid dienone is 2. The molecule has 2 aliphatic heterocycles. The first-order chi connectivity index (χ1) is 16.0. The van der Waals surface area contributed by atoms with E-state index in [2.05, 4.69) is 40.7 Å². The van der Waals surface area contributed by atoms with Crippen LogP contribution in [0.4, 0.5) is 0 Å². The molecule has 0 bridgehead atoms. The Labute approximate surface area is 197 Å². The number of nitrogens with zero attached hydrogens (tertiary/aromatic N) is 3. The number of hydrogen-bond acceptors (Lipinski definition) is 4. The van der Waals surface area contributed by atoms with Crippen molar-refractivity contribution in [3.8, 4) is 0 Å². The predicted octanol–water partition coefficient (Wildman–Crippen LogP) is 4.49. The van der Waals surface area contributed by atoms with Gasteiger partial charge in [0.15, 0.2) is 0 Å². The highest BCUT2D eigenvalue weighted by atomic mass is 32.2. The minimum absolute atomic E-state index is 0.0453. The van der Waals surface area contributed by atoms with Gasteiger partial charge in [0, 0.05) is 13.1 Å². The summed E-state index contributed by atoms with van der Waals surface area (Å²) in [6, 6.07) is 10.4. The summed E-state index contributed by atoms with van der Waals surface area (Å²) in [6.07, 6.45) is 10.1. The Bertz CT molecular complexity index is 1090. The molecule has 1 saturated heterocycles. The third-order valence-corrected chi connectivity index (χ3v) is 10.4. The highest BCUT2D eigenvalue weighted by Crippen LogP contribution is 2.45. The molecular weight excluding hydrogens is 434 g/mol. The van der Waals surface area contributed by atoms with Crippen molar-refractivity contribution in [2.24, 2.45) is 5.92 Å². The number of aromatic nitrogens is 2. The second-order valence-corrected chi connectivity index (χ2v) is 12.2. The molecule has 0 spiro atoms. The maximum absolute atomic E-state index is 13.1. The Hall–Kier alpha value is -1.96. The van der Waals surface area contributed by atoms with E-state index in [4.69, 9.17) is 0 Å². The molecule has 2 atom stereocenters. The number of sulfonamides is 1. The van der Waals surface area contributed by atoms with Gasteiger partial charge in [-0.15, -0.1) is 0 Å². The van der Waals surface area contributed by atoms with Crippen LogP contribution in [0.3, 0.4) is 0 Å². The Kier molecular flexibility index (Phi) is 6.47. The second-order valence-electron chi connectivity index (χ2n) is 9.95. The van der Waals surface area contributed by atoms with Crippen LogP contribution in [0.5, 0.6) is 0 Å². The third kappa shape index (κ3) is 4.31. The SMILES string of the molecule is CC1=C(c2ccccc2)C(CC(O)C2CCN(S(=O)(=O)C3CCCCC3)CC2)n2cncc21. The van der Waals surface area contributed by atoms with Crippen molar-refractivity contribution in [2.45, 2.75) is 75.7 Å². The average Bonchev–Trinajstić information content (AvgIpc) is 3.43. The Morgan fingerprint density at radius 3 is 2.45 bits per heavy atom. The van der Waals surface area contributed by atoms with Crippen molar-refractivity contribution in [2.75, 3.05) is 13.1 Å². The lowest BCUT2D eigenvalue weighted by molar-refractivity contribution is 0.0623. The van der Waals surface area contributed by atoms with Crippen molar-refractivity contribution in [3.05, 3.63) is 54.1 Å². The molecule has 2 unspecified atom stereocenters. The van der Waals surface area contributed by atoms with Crippen LogP contribution in [0.2, 0.25) is 0 Å². The second kappa shape index (κ2) is 9.35. The quantitative estimate of drug-likeness (QED) is 0.676. The average molecular weight is 470 g/mol. The van der Waals surface area contributed by atoms with Gasteiger partial charge in [0.2, 0.25) is 10.0 Å². The van der Waals surface area contributed by atoms with Gasteiger partial charge in [-0.3, -0.25) is 0 Å². The Morgan fingerprint density at radius 2 is 1.76 bits per heavy atom. The van der Waals surface area contributed by atoms with E-state index in [0.29, 0.717) is 19.5 Å². The van der Waals surface area contributed by atoms with Crippen LogP contribution in [0, 0.1) is 5.92 Å². The number of aliphatic hydroxyl groups excluding tert-OH is 1. The minimum Gasteiger partial charge on any atom is -0.393 e. The van der Waals surface area contributed by atoms with Crippen molar-refractivity contribution in [3.63, 3.8) is 0 Å². The van der Waals surface area contributed by atoms with E-state index in [1.807, 2.05) is 18.6 Å². The predicted molar refractivity (Wildman–Crippen MR) is 131 cm³/mol. The standard InChI is InChI=1S/C26H35N3O3S/c1-19-24-17-27-18-29(24)23(26(19)21-8-4-2-5-9-21)16-25(30)20-12-14-28(15-13-20)33(31,32)22-10-6-3-7-11-22/h2,4-5,8-9,17-18,20,22-23,25,30H,3,6-7,10-16H2,1H3. The summed E-state index contributed by atoms with van der Waals surface area (Å²) in [5.74, 6) is 0.118. The molecule has 5 rings (SSSR count). The number of imidazole rings is 1. The molecule has 1 aromatic heterocycles. The Morgan fingerprint density at radius 1 is 1.06 bits per heavy atom. The van der Waals surface area contributed by atoms with Crippen LogP contribution in [-0.2, 0) is 10.0 Å². The molecule has 7 heteroatoms. The summed E-state index contributed by atoms with van der Waals surface area (Å²) in [4.78, 5) is 4.35. The zero-order valence-corrected chi connectivity index (χ0v) is 20.3. The van der Waals surface area contributed by atoms with E-state index < -0.39 is 16.1 Å².